The highest BCUT2D eigenvalue weighted by atomic mass is 79.9. The van der Waals surface area contributed by atoms with Crippen molar-refractivity contribution in [3.63, 3.8) is 0 Å². The number of hydrogen-bond acceptors (Lipinski definition) is 3. The monoisotopic (exact) mass is 348 g/mol. The highest BCUT2D eigenvalue weighted by molar-refractivity contribution is 9.10. The average molecular weight is 349 g/mol. The van der Waals surface area contributed by atoms with Crippen LogP contribution in [0.1, 0.15) is 24.1 Å². The maximum Gasteiger partial charge on any atom is 0.123 e. The smallest absolute Gasteiger partial charge is 0.123 e. The molecule has 0 aliphatic carbocycles. The molecule has 2 aromatic carbocycles. The van der Waals surface area contributed by atoms with Crippen LogP contribution in [0.2, 0.25) is 0 Å². The van der Waals surface area contributed by atoms with Gasteiger partial charge in [0.05, 0.1) is 12.8 Å². The Bertz CT molecular complexity index is 613. The van der Waals surface area contributed by atoms with Gasteiger partial charge in [-0.1, -0.05) is 24.3 Å². The number of rotatable bonds is 5. The fraction of sp³-hybridized carbons (Fsp3) is 0.294. The van der Waals surface area contributed by atoms with Crippen molar-refractivity contribution in [1.29, 1.82) is 0 Å². The van der Waals surface area contributed by atoms with E-state index in [-0.39, 0.29) is 6.04 Å². The molecule has 3 nitrogen and oxygen atoms in total. The third-order valence-electron chi connectivity index (χ3n) is 3.51. The van der Waals surface area contributed by atoms with Crippen molar-refractivity contribution >= 4 is 21.6 Å². The quantitative estimate of drug-likeness (QED) is 0.883. The summed E-state index contributed by atoms with van der Waals surface area (Å²) in [5.74, 6) is 0.910. The number of hydrogen-bond donors (Lipinski definition) is 1. The van der Waals surface area contributed by atoms with Crippen LogP contribution in [0.5, 0.6) is 5.75 Å². The molecule has 0 aliphatic rings. The number of benzene rings is 2. The number of para-hydroxylation sites is 1. The molecule has 2 rings (SSSR count). The summed E-state index contributed by atoms with van der Waals surface area (Å²) in [4.78, 5) is 2.19. The molecule has 0 amide bonds. The third kappa shape index (κ3) is 3.77. The number of halogens is 1. The fourth-order valence-electron chi connectivity index (χ4n) is 2.29. The Morgan fingerprint density at radius 2 is 1.95 bits per heavy atom. The van der Waals surface area contributed by atoms with Crippen LogP contribution >= 0.6 is 15.9 Å². The Kier molecular flexibility index (Phi) is 5.26. The summed E-state index contributed by atoms with van der Waals surface area (Å²) in [6.45, 7) is 2.76. The maximum atomic E-state index is 5.92. The molecule has 0 spiro atoms. The molecule has 0 saturated heterocycles. The second-order valence-corrected chi connectivity index (χ2v) is 6.02. The van der Waals surface area contributed by atoms with E-state index in [0.29, 0.717) is 0 Å². The van der Waals surface area contributed by atoms with Crippen molar-refractivity contribution in [3.8, 4) is 5.75 Å². The van der Waals surface area contributed by atoms with Crippen LogP contribution < -0.4 is 15.4 Å². The van der Waals surface area contributed by atoms with Gasteiger partial charge < -0.3 is 15.4 Å². The zero-order valence-electron chi connectivity index (χ0n) is 12.6. The van der Waals surface area contributed by atoms with Crippen molar-refractivity contribution in [1.82, 2.24) is 0 Å². The number of anilines is 1. The SMILES string of the molecule is COc1ccccc1CN(C)c1ccc([C@H](C)N)cc1Br. The van der Waals surface area contributed by atoms with Gasteiger partial charge in [0.25, 0.3) is 0 Å². The largest absolute Gasteiger partial charge is 0.496 e. The molecule has 0 radical (unpaired) electrons. The summed E-state index contributed by atoms with van der Waals surface area (Å²) >= 11 is 3.64. The van der Waals surface area contributed by atoms with Gasteiger partial charge in [-0.2, -0.15) is 0 Å². The summed E-state index contributed by atoms with van der Waals surface area (Å²) in [6.07, 6.45) is 0. The zero-order chi connectivity index (χ0) is 15.4. The van der Waals surface area contributed by atoms with Crippen LogP contribution in [-0.4, -0.2) is 14.2 Å². The van der Waals surface area contributed by atoms with Crippen LogP contribution in [0.15, 0.2) is 46.9 Å². The van der Waals surface area contributed by atoms with Gasteiger partial charge in [0.2, 0.25) is 0 Å². The number of nitrogens with zero attached hydrogens (tertiary/aromatic N) is 1. The van der Waals surface area contributed by atoms with Gasteiger partial charge in [-0.15, -0.1) is 0 Å². The molecule has 112 valence electrons. The van der Waals surface area contributed by atoms with E-state index in [1.54, 1.807) is 7.11 Å². The first-order valence-corrected chi connectivity index (χ1v) is 7.70. The van der Waals surface area contributed by atoms with E-state index < -0.39 is 0 Å². The molecule has 4 heteroatoms. The number of ether oxygens (including phenoxy) is 1. The van der Waals surface area contributed by atoms with Crippen molar-refractivity contribution in [3.05, 3.63) is 58.1 Å². The molecule has 2 N–H and O–H groups in total. The molecular weight excluding hydrogens is 328 g/mol. The van der Waals surface area contributed by atoms with Crippen molar-refractivity contribution in [2.75, 3.05) is 19.1 Å². The lowest BCUT2D eigenvalue weighted by molar-refractivity contribution is 0.409. The summed E-state index contributed by atoms with van der Waals surface area (Å²) in [6, 6.07) is 14.4. The van der Waals surface area contributed by atoms with Gasteiger partial charge in [0.15, 0.2) is 0 Å². The Hall–Kier alpha value is -1.52. The maximum absolute atomic E-state index is 5.92. The molecule has 0 unspecified atom stereocenters. The fourth-order valence-corrected chi connectivity index (χ4v) is 2.99. The molecule has 21 heavy (non-hydrogen) atoms. The summed E-state index contributed by atoms with van der Waals surface area (Å²) < 4.78 is 6.46. The molecular formula is C17H21BrN2O. The Balaban J connectivity index is 2.22. The first kappa shape index (κ1) is 15.9. The van der Waals surface area contributed by atoms with Crippen molar-refractivity contribution in [2.24, 2.45) is 5.73 Å². The molecule has 1 atom stereocenters. The zero-order valence-corrected chi connectivity index (χ0v) is 14.2. The second-order valence-electron chi connectivity index (χ2n) is 5.17. The van der Waals surface area contributed by atoms with Crippen LogP contribution in [0.4, 0.5) is 5.69 Å². The lowest BCUT2D eigenvalue weighted by atomic mass is 10.1. The van der Waals surface area contributed by atoms with Crippen LogP contribution in [-0.2, 0) is 6.54 Å². The minimum Gasteiger partial charge on any atom is -0.496 e. The molecule has 0 heterocycles. The van der Waals surface area contributed by atoms with Gasteiger partial charge >= 0.3 is 0 Å². The Morgan fingerprint density at radius 1 is 1.24 bits per heavy atom. The third-order valence-corrected chi connectivity index (χ3v) is 4.14. The lowest BCUT2D eigenvalue weighted by Crippen LogP contribution is -2.17. The average Bonchev–Trinajstić information content (AvgIpc) is 2.47. The Labute approximate surface area is 134 Å². The minimum absolute atomic E-state index is 0.0369. The first-order valence-electron chi connectivity index (χ1n) is 6.91. The van der Waals surface area contributed by atoms with Crippen LogP contribution in [0.3, 0.4) is 0 Å². The predicted molar refractivity (Wildman–Crippen MR) is 91.8 cm³/mol. The van der Waals surface area contributed by atoms with E-state index in [2.05, 4.69) is 52.1 Å². The van der Waals surface area contributed by atoms with E-state index in [4.69, 9.17) is 10.5 Å². The predicted octanol–water partition coefficient (Wildman–Crippen LogP) is 4.11. The van der Waals surface area contributed by atoms with Gasteiger partial charge in [-0.3, -0.25) is 0 Å². The normalized spacial score (nSPS) is 12.0. The first-order chi connectivity index (χ1) is 10.0. The van der Waals surface area contributed by atoms with Crippen molar-refractivity contribution in [2.45, 2.75) is 19.5 Å². The lowest BCUT2D eigenvalue weighted by Gasteiger charge is -2.23. The molecule has 0 bridgehead atoms. The van der Waals surface area contributed by atoms with E-state index >= 15 is 0 Å². The van der Waals surface area contributed by atoms with Crippen LogP contribution in [0.25, 0.3) is 0 Å². The number of methoxy groups -OCH3 is 1. The summed E-state index contributed by atoms with van der Waals surface area (Å²) in [5.41, 5.74) is 9.33. The molecule has 0 aliphatic heterocycles. The number of nitrogens with two attached hydrogens (primary N) is 1. The van der Waals surface area contributed by atoms with Crippen LogP contribution in [0, 0.1) is 0 Å². The Morgan fingerprint density at radius 3 is 2.57 bits per heavy atom. The van der Waals surface area contributed by atoms with Gasteiger partial charge in [-0.05, 0) is 46.6 Å². The molecule has 0 fully saturated rings. The highest BCUT2D eigenvalue weighted by Gasteiger charge is 2.11. The van der Waals surface area contributed by atoms with Gasteiger partial charge in [0, 0.05) is 29.7 Å². The summed E-state index contributed by atoms with van der Waals surface area (Å²) in [7, 11) is 3.77. The molecule has 0 aromatic heterocycles. The molecule has 2 aromatic rings. The van der Waals surface area contributed by atoms with E-state index in [1.807, 2.05) is 25.1 Å². The van der Waals surface area contributed by atoms with Gasteiger partial charge in [-0.25, -0.2) is 0 Å². The highest BCUT2D eigenvalue weighted by Crippen LogP contribution is 2.30. The second kappa shape index (κ2) is 6.96. The minimum atomic E-state index is 0.0369. The van der Waals surface area contributed by atoms with E-state index in [1.165, 1.54) is 0 Å². The van der Waals surface area contributed by atoms with E-state index in [9.17, 15) is 0 Å². The van der Waals surface area contributed by atoms with Crippen molar-refractivity contribution < 1.29 is 4.74 Å². The standard InChI is InChI=1S/C17H21BrN2O/c1-12(19)13-8-9-16(15(18)10-13)20(2)11-14-6-4-5-7-17(14)21-3/h4-10,12H,11,19H2,1-3H3/t12-/m0/s1. The molecule has 0 saturated carbocycles. The van der Waals surface area contributed by atoms with Gasteiger partial charge in [0.1, 0.15) is 5.75 Å². The topological polar surface area (TPSA) is 38.5 Å². The van der Waals surface area contributed by atoms with E-state index in [0.717, 1.165) is 33.6 Å². The summed E-state index contributed by atoms with van der Waals surface area (Å²) in [5, 5.41) is 0.